The van der Waals surface area contributed by atoms with Crippen LogP contribution in [0.1, 0.15) is 47.5 Å². The predicted octanol–water partition coefficient (Wildman–Crippen LogP) is 1.67. The lowest BCUT2D eigenvalue weighted by molar-refractivity contribution is 0.206. The normalized spacial score (nSPS) is 19.1. The lowest BCUT2D eigenvalue weighted by Gasteiger charge is -2.37. The molecule has 0 amide bonds. The molecule has 5 nitrogen and oxygen atoms in total. The summed E-state index contributed by atoms with van der Waals surface area (Å²) in [4.78, 5) is 0. The highest BCUT2D eigenvalue weighted by molar-refractivity contribution is 7.86. The van der Waals surface area contributed by atoms with Crippen molar-refractivity contribution >= 4 is 10.2 Å². The molecule has 0 aliphatic heterocycles. The van der Waals surface area contributed by atoms with Gasteiger partial charge in [0.15, 0.2) is 0 Å². The third-order valence-electron chi connectivity index (χ3n) is 3.65. The summed E-state index contributed by atoms with van der Waals surface area (Å²) in [5.74, 6) is 0. The Bertz CT molecular complexity index is 409. The van der Waals surface area contributed by atoms with Crippen LogP contribution in [0.2, 0.25) is 0 Å². The molecule has 0 bridgehead atoms. The summed E-state index contributed by atoms with van der Waals surface area (Å²) in [7, 11) is -0.133. The highest BCUT2D eigenvalue weighted by Crippen LogP contribution is 2.32. The first-order valence-corrected chi connectivity index (χ1v) is 8.81. The molecule has 1 aliphatic rings. The standard InChI is InChI=1S/C14H31N3O2S/c1-11(2)15-13(14(3,4)5)10-17(12-8-9-12)20(18,19)16(6)7/h11-13,15H,8-10H2,1-7H3/t13-/m1/s1. The van der Waals surface area contributed by atoms with E-state index in [9.17, 15) is 8.42 Å². The molecule has 1 atom stereocenters. The quantitative estimate of drug-likeness (QED) is 0.778. The molecule has 1 fully saturated rings. The molecule has 1 aliphatic carbocycles. The number of hydrogen-bond acceptors (Lipinski definition) is 3. The third-order valence-corrected chi connectivity index (χ3v) is 5.62. The van der Waals surface area contributed by atoms with Gasteiger partial charge in [-0.2, -0.15) is 17.0 Å². The summed E-state index contributed by atoms with van der Waals surface area (Å²) in [5.41, 5.74) is 0.0131. The van der Waals surface area contributed by atoms with Crippen LogP contribution < -0.4 is 5.32 Å². The number of rotatable bonds is 7. The lowest BCUT2D eigenvalue weighted by atomic mass is 9.86. The SMILES string of the molecule is CC(C)N[C@H](CN(C1CC1)S(=O)(=O)N(C)C)C(C)(C)C. The van der Waals surface area contributed by atoms with Crippen molar-refractivity contribution in [1.82, 2.24) is 13.9 Å². The van der Waals surface area contributed by atoms with E-state index < -0.39 is 10.2 Å². The van der Waals surface area contributed by atoms with Crippen LogP contribution in [0.25, 0.3) is 0 Å². The second-order valence-corrected chi connectivity index (χ2v) is 9.43. The molecule has 6 heteroatoms. The largest absolute Gasteiger partial charge is 0.310 e. The van der Waals surface area contributed by atoms with E-state index in [0.29, 0.717) is 12.6 Å². The fourth-order valence-electron chi connectivity index (χ4n) is 2.16. The first-order chi connectivity index (χ1) is 8.96. The minimum atomic E-state index is -3.34. The van der Waals surface area contributed by atoms with Gasteiger partial charge in [-0.3, -0.25) is 0 Å². The molecule has 0 aromatic carbocycles. The Labute approximate surface area is 124 Å². The zero-order valence-corrected chi connectivity index (χ0v) is 14.8. The van der Waals surface area contributed by atoms with Gasteiger partial charge in [-0.25, -0.2) is 0 Å². The van der Waals surface area contributed by atoms with Crippen molar-refractivity contribution in [2.24, 2.45) is 5.41 Å². The average molecular weight is 305 g/mol. The van der Waals surface area contributed by atoms with Crippen molar-refractivity contribution in [1.29, 1.82) is 0 Å². The van der Waals surface area contributed by atoms with Crippen LogP contribution in [0, 0.1) is 5.41 Å². The van der Waals surface area contributed by atoms with Gasteiger partial charge in [0.2, 0.25) is 0 Å². The van der Waals surface area contributed by atoms with Gasteiger partial charge in [-0.15, -0.1) is 0 Å². The Morgan fingerprint density at radius 3 is 2.00 bits per heavy atom. The van der Waals surface area contributed by atoms with Gasteiger partial charge in [-0.1, -0.05) is 34.6 Å². The molecule has 1 saturated carbocycles. The molecule has 0 unspecified atom stereocenters. The highest BCUT2D eigenvalue weighted by atomic mass is 32.2. The van der Waals surface area contributed by atoms with Crippen molar-refractivity contribution in [2.45, 2.75) is 65.6 Å². The Hall–Kier alpha value is -0.170. The van der Waals surface area contributed by atoms with Gasteiger partial charge in [0.1, 0.15) is 0 Å². The molecule has 0 saturated heterocycles. The van der Waals surface area contributed by atoms with Crippen molar-refractivity contribution in [2.75, 3.05) is 20.6 Å². The Kier molecular flexibility index (Phi) is 5.63. The van der Waals surface area contributed by atoms with Crippen LogP contribution in [0.15, 0.2) is 0 Å². The Balaban J connectivity index is 2.93. The second kappa shape index (κ2) is 6.30. The highest BCUT2D eigenvalue weighted by Gasteiger charge is 2.41. The lowest BCUT2D eigenvalue weighted by Crippen LogP contribution is -2.54. The van der Waals surface area contributed by atoms with Crippen molar-refractivity contribution in [3.63, 3.8) is 0 Å². The van der Waals surface area contributed by atoms with E-state index in [4.69, 9.17) is 0 Å². The molecular formula is C14H31N3O2S. The van der Waals surface area contributed by atoms with Crippen LogP contribution >= 0.6 is 0 Å². The maximum atomic E-state index is 12.5. The molecule has 0 aromatic rings. The summed E-state index contributed by atoms with van der Waals surface area (Å²) in [6.07, 6.45) is 1.96. The van der Waals surface area contributed by atoms with E-state index in [0.717, 1.165) is 12.8 Å². The Morgan fingerprint density at radius 2 is 1.70 bits per heavy atom. The van der Waals surface area contributed by atoms with Crippen LogP contribution in [-0.2, 0) is 10.2 Å². The molecule has 0 spiro atoms. The smallest absolute Gasteiger partial charge is 0.281 e. The molecule has 1 rings (SSSR count). The minimum absolute atomic E-state index is 0.0131. The number of nitrogens with one attached hydrogen (secondary N) is 1. The maximum absolute atomic E-state index is 12.5. The van der Waals surface area contributed by atoms with Gasteiger partial charge in [0, 0.05) is 38.8 Å². The summed E-state index contributed by atoms with van der Waals surface area (Å²) < 4.78 is 28.0. The molecule has 0 aromatic heterocycles. The zero-order chi connectivity index (χ0) is 15.7. The molecular weight excluding hydrogens is 274 g/mol. The predicted molar refractivity (Wildman–Crippen MR) is 83.8 cm³/mol. The van der Waals surface area contributed by atoms with Gasteiger partial charge in [0.05, 0.1) is 0 Å². The van der Waals surface area contributed by atoms with E-state index in [1.165, 1.54) is 4.31 Å². The Morgan fingerprint density at radius 1 is 1.20 bits per heavy atom. The van der Waals surface area contributed by atoms with E-state index in [2.05, 4.69) is 39.9 Å². The molecule has 20 heavy (non-hydrogen) atoms. The van der Waals surface area contributed by atoms with Crippen LogP contribution in [0.5, 0.6) is 0 Å². The van der Waals surface area contributed by atoms with E-state index in [1.807, 2.05) is 0 Å². The summed E-state index contributed by atoms with van der Waals surface area (Å²) in [6, 6.07) is 0.654. The van der Waals surface area contributed by atoms with E-state index in [-0.39, 0.29) is 17.5 Å². The first kappa shape index (κ1) is 17.9. The zero-order valence-electron chi connectivity index (χ0n) is 14.0. The van der Waals surface area contributed by atoms with E-state index >= 15 is 0 Å². The third kappa shape index (κ3) is 4.69. The van der Waals surface area contributed by atoms with Gasteiger partial charge in [0.25, 0.3) is 10.2 Å². The first-order valence-electron chi connectivity index (χ1n) is 7.41. The monoisotopic (exact) mass is 305 g/mol. The van der Waals surface area contributed by atoms with Crippen molar-refractivity contribution in [3.8, 4) is 0 Å². The summed E-state index contributed by atoms with van der Waals surface area (Å²) in [6.45, 7) is 11.2. The van der Waals surface area contributed by atoms with Gasteiger partial charge in [-0.05, 0) is 18.3 Å². The van der Waals surface area contributed by atoms with Crippen LogP contribution in [-0.4, -0.2) is 55.8 Å². The maximum Gasteiger partial charge on any atom is 0.281 e. The molecule has 0 radical (unpaired) electrons. The summed E-state index contributed by atoms with van der Waals surface area (Å²) in [5, 5.41) is 3.52. The topological polar surface area (TPSA) is 52.7 Å². The van der Waals surface area contributed by atoms with Crippen molar-refractivity contribution < 1.29 is 8.42 Å². The van der Waals surface area contributed by atoms with Crippen molar-refractivity contribution in [3.05, 3.63) is 0 Å². The van der Waals surface area contributed by atoms with Gasteiger partial charge >= 0.3 is 0 Å². The second-order valence-electron chi connectivity index (χ2n) is 7.33. The minimum Gasteiger partial charge on any atom is -0.310 e. The summed E-state index contributed by atoms with van der Waals surface area (Å²) >= 11 is 0. The molecule has 0 heterocycles. The van der Waals surface area contributed by atoms with Gasteiger partial charge < -0.3 is 5.32 Å². The average Bonchev–Trinajstić information content (AvgIpc) is 3.04. The number of hydrogen-bond donors (Lipinski definition) is 1. The number of nitrogens with zero attached hydrogens (tertiary/aromatic N) is 2. The molecule has 120 valence electrons. The fourth-order valence-corrected chi connectivity index (χ4v) is 3.51. The van der Waals surface area contributed by atoms with E-state index in [1.54, 1.807) is 18.4 Å². The molecule has 1 N–H and O–H groups in total. The fraction of sp³-hybridized carbons (Fsp3) is 1.00. The van der Waals surface area contributed by atoms with Crippen LogP contribution in [0.4, 0.5) is 0 Å². The van der Waals surface area contributed by atoms with Crippen LogP contribution in [0.3, 0.4) is 0 Å².